The number of nitrogens with zero attached hydrogens (tertiary/aromatic N) is 2. The van der Waals surface area contributed by atoms with Gasteiger partial charge in [0, 0.05) is 10.9 Å². The highest BCUT2D eigenvalue weighted by atomic mass is 16.4. The van der Waals surface area contributed by atoms with Crippen molar-refractivity contribution in [1.29, 1.82) is 0 Å². The Kier molecular flexibility index (Phi) is 2.69. The van der Waals surface area contributed by atoms with Crippen molar-refractivity contribution in [2.45, 2.75) is 0 Å². The first-order valence-corrected chi connectivity index (χ1v) is 6.95. The molecule has 0 spiro atoms. The number of fused-ring (bicyclic) bond motifs is 3. The van der Waals surface area contributed by atoms with E-state index in [1.807, 2.05) is 60.7 Å². The van der Waals surface area contributed by atoms with Gasteiger partial charge in [-0.25, -0.2) is 9.48 Å². The smallest absolute Gasteiger partial charge is 0.336 e. The Morgan fingerprint density at radius 2 is 1.64 bits per heavy atom. The number of carbonyl (C=O) groups is 1. The summed E-state index contributed by atoms with van der Waals surface area (Å²) in [5.74, 6) is -0.925. The van der Waals surface area contributed by atoms with E-state index in [2.05, 4.69) is 5.10 Å². The first kappa shape index (κ1) is 12.6. The average molecular weight is 288 g/mol. The Morgan fingerprint density at radius 3 is 2.41 bits per heavy atom. The van der Waals surface area contributed by atoms with Crippen LogP contribution in [-0.4, -0.2) is 20.9 Å². The van der Waals surface area contributed by atoms with Gasteiger partial charge in [-0.15, -0.1) is 0 Å². The van der Waals surface area contributed by atoms with Gasteiger partial charge in [0.1, 0.15) is 0 Å². The minimum Gasteiger partial charge on any atom is -0.478 e. The second kappa shape index (κ2) is 4.70. The molecule has 2 aromatic carbocycles. The molecule has 0 aromatic heterocycles. The van der Waals surface area contributed by atoms with Gasteiger partial charge in [0.25, 0.3) is 0 Å². The molecule has 0 saturated carbocycles. The van der Waals surface area contributed by atoms with E-state index in [4.69, 9.17) is 0 Å². The Bertz CT molecular complexity index is 957. The standard InChI is InChI=1S/C18H12N2O2/c21-18(22)14-10-11-16-17(14)13-8-4-5-9-15(13)19-20(16)12-6-2-1-3-7-12/h1-11H,(H,21,22). The highest BCUT2D eigenvalue weighted by Crippen LogP contribution is 2.35. The Balaban J connectivity index is 2.14. The van der Waals surface area contributed by atoms with Gasteiger partial charge in [-0.1, -0.05) is 36.4 Å². The fraction of sp³-hybridized carbons (Fsp3) is 0. The summed E-state index contributed by atoms with van der Waals surface area (Å²) in [5, 5.41) is 15.0. The molecule has 0 atom stereocenters. The lowest BCUT2D eigenvalue weighted by atomic mass is 10.0. The summed E-state index contributed by atoms with van der Waals surface area (Å²) in [6.07, 6.45) is 0. The zero-order valence-electron chi connectivity index (χ0n) is 11.6. The number of hydrogen-bond donors (Lipinski definition) is 1. The third kappa shape index (κ3) is 1.78. The first-order chi connectivity index (χ1) is 10.8. The van der Waals surface area contributed by atoms with Crippen LogP contribution < -0.4 is 0 Å². The molecule has 2 aromatic rings. The quantitative estimate of drug-likeness (QED) is 0.610. The summed E-state index contributed by atoms with van der Waals surface area (Å²) < 4.78 is 1.80. The molecule has 4 rings (SSSR count). The number of carboxylic acid groups (broad SMARTS) is 1. The zero-order chi connectivity index (χ0) is 15.1. The van der Waals surface area contributed by atoms with Gasteiger partial charge in [-0.2, -0.15) is 5.10 Å². The lowest BCUT2D eigenvalue weighted by molar-refractivity contribution is 0.0698. The van der Waals surface area contributed by atoms with Crippen molar-refractivity contribution in [2.75, 3.05) is 0 Å². The van der Waals surface area contributed by atoms with Crippen molar-refractivity contribution in [2.24, 2.45) is 0 Å². The van der Waals surface area contributed by atoms with E-state index in [-0.39, 0.29) is 0 Å². The average Bonchev–Trinajstić information content (AvgIpc) is 3.00. The van der Waals surface area contributed by atoms with Crippen molar-refractivity contribution in [1.82, 2.24) is 9.78 Å². The molecule has 0 bridgehead atoms. The van der Waals surface area contributed by atoms with Crippen molar-refractivity contribution in [3.63, 3.8) is 0 Å². The zero-order valence-corrected chi connectivity index (χ0v) is 11.6. The van der Waals surface area contributed by atoms with Gasteiger partial charge < -0.3 is 5.11 Å². The molecule has 1 aliphatic heterocycles. The van der Waals surface area contributed by atoms with Crippen LogP contribution in [0.2, 0.25) is 0 Å². The summed E-state index contributed by atoms with van der Waals surface area (Å²) in [6.45, 7) is 0. The van der Waals surface area contributed by atoms with Crippen molar-refractivity contribution >= 4 is 16.9 Å². The molecule has 1 heterocycles. The number of para-hydroxylation sites is 1. The summed E-state index contributed by atoms with van der Waals surface area (Å²) in [4.78, 5) is 11.5. The lowest BCUT2D eigenvalue weighted by Crippen LogP contribution is -2.07. The molecule has 1 N–H and O–H groups in total. The first-order valence-electron chi connectivity index (χ1n) is 6.95. The Morgan fingerprint density at radius 1 is 0.909 bits per heavy atom. The maximum Gasteiger partial charge on any atom is 0.336 e. The predicted octanol–water partition coefficient (Wildman–Crippen LogP) is 3.83. The molecule has 0 saturated heterocycles. The fourth-order valence-electron chi connectivity index (χ4n) is 2.80. The van der Waals surface area contributed by atoms with Crippen LogP contribution in [0, 0.1) is 0 Å². The van der Waals surface area contributed by atoms with E-state index in [9.17, 15) is 9.90 Å². The van der Waals surface area contributed by atoms with Crippen molar-refractivity contribution in [3.8, 4) is 16.9 Å². The Hall–Kier alpha value is -3.14. The molecule has 4 nitrogen and oxygen atoms in total. The van der Waals surface area contributed by atoms with Crippen LogP contribution in [-0.2, 0) is 0 Å². The third-order valence-corrected chi connectivity index (χ3v) is 3.77. The minimum absolute atomic E-state index is 0.304. The van der Waals surface area contributed by atoms with Gasteiger partial charge in [0.15, 0.2) is 0 Å². The highest BCUT2D eigenvalue weighted by molar-refractivity contribution is 6.06. The summed E-state index contributed by atoms with van der Waals surface area (Å²) in [6, 6.07) is 20.8. The van der Waals surface area contributed by atoms with Crippen molar-refractivity contribution in [3.05, 3.63) is 72.3 Å². The van der Waals surface area contributed by atoms with E-state index in [0.29, 0.717) is 5.56 Å². The monoisotopic (exact) mass is 288 g/mol. The number of benzene rings is 2. The van der Waals surface area contributed by atoms with Crippen LogP contribution in [0.5, 0.6) is 0 Å². The number of carboxylic acids is 1. The molecule has 106 valence electrons. The molecule has 4 heteroatoms. The van der Waals surface area contributed by atoms with Crippen LogP contribution >= 0.6 is 0 Å². The largest absolute Gasteiger partial charge is 0.478 e. The van der Waals surface area contributed by atoms with Gasteiger partial charge >= 0.3 is 5.97 Å². The number of aromatic carboxylic acids is 1. The van der Waals surface area contributed by atoms with Gasteiger partial charge in [0.2, 0.25) is 0 Å². The summed E-state index contributed by atoms with van der Waals surface area (Å²) >= 11 is 0. The van der Waals surface area contributed by atoms with Crippen LogP contribution in [0.4, 0.5) is 0 Å². The molecule has 22 heavy (non-hydrogen) atoms. The summed E-state index contributed by atoms with van der Waals surface area (Å²) in [5.41, 5.74) is 3.50. The van der Waals surface area contributed by atoms with Crippen LogP contribution in [0.25, 0.3) is 27.8 Å². The van der Waals surface area contributed by atoms with E-state index >= 15 is 0 Å². The SMILES string of the molecule is O=C(O)c1ccc2n(-c3ccccc3)nc3ccccc3c1-2. The normalized spacial score (nSPS) is 11.1. The predicted molar refractivity (Wildman–Crippen MR) is 84.7 cm³/mol. The lowest BCUT2D eigenvalue weighted by Gasteiger charge is -2.15. The van der Waals surface area contributed by atoms with Gasteiger partial charge in [-0.3, -0.25) is 0 Å². The molecule has 0 fully saturated rings. The van der Waals surface area contributed by atoms with E-state index < -0.39 is 5.97 Å². The number of hydrogen-bond acceptors (Lipinski definition) is 2. The third-order valence-electron chi connectivity index (χ3n) is 3.77. The molecular weight excluding hydrogens is 276 g/mol. The molecule has 1 aliphatic carbocycles. The molecule has 0 amide bonds. The number of aromatic nitrogens is 2. The van der Waals surface area contributed by atoms with Gasteiger partial charge in [0.05, 0.1) is 22.5 Å². The second-order valence-corrected chi connectivity index (χ2v) is 5.08. The number of rotatable bonds is 2. The van der Waals surface area contributed by atoms with Crippen LogP contribution in [0.15, 0.2) is 66.7 Å². The fourth-order valence-corrected chi connectivity index (χ4v) is 2.80. The Labute approximate surface area is 126 Å². The maximum absolute atomic E-state index is 11.5. The van der Waals surface area contributed by atoms with Crippen molar-refractivity contribution < 1.29 is 9.90 Å². The molecule has 2 aliphatic rings. The molecular formula is C18H12N2O2. The van der Waals surface area contributed by atoms with Crippen LogP contribution in [0.1, 0.15) is 10.4 Å². The topological polar surface area (TPSA) is 55.1 Å². The molecule has 0 unspecified atom stereocenters. The second-order valence-electron chi connectivity index (χ2n) is 5.08. The molecule has 0 radical (unpaired) electrons. The van der Waals surface area contributed by atoms with E-state index in [0.717, 1.165) is 27.8 Å². The minimum atomic E-state index is -0.925. The maximum atomic E-state index is 11.5. The summed E-state index contributed by atoms with van der Waals surface area (Å²) in [7, 11) is 0. The van der Waals surface area contributed by atoms with E-state index in [1.54, 1.807) is 10.7 Å². The van der Waals surface area contributed by atoms with Crippen LogP contribution in [0.3, 0.4) is 0 Å². The highest BCUT2D eigenvalue weighted by Gasteiger charge is 2.22. The van der Waals surface area contributed by atoms with Gasteiger partial charge in [-0.05, 0) is 30.3 Å². The van der Waals surface area contributed by atoms with E-state index in [1.165, 1.54) is 0 Å².